The first-order chi connectivity index (χ1) is 14.0. The van der Waals surface area contributed by atoms with Gasteiger partial charge in [0.1, 0.15) is 11.1 Å². The van der Waals surface area contributed by atoms with Gasteiger partial charge in [-0.15, -0.1) is 21.5 Å². The standard InChI is InChI=1S/C18H14Cl2N6OS2/c19-9-4-5-13(20)11(6-9)16-24-25-18(26(16)22)28-8-15(27)23-17-12(7-21)10-2-1-3-14(10)29-17/h4-6H,1-3,8,22H2,(H,23,27). The third-order valence-corrected chi connectivity index (χ3v) is 7.17. The lowest BCUT2D eigenvalue weighted by atomic mass is 10.1. The van der Waals surface area contributed by atoms with E-state index in [4.69, 9.17) is 29.0 Å². The summed E-state index contributed by atoms with van der Waals surface area (Å²) in [5.74, 6) is 6.27. The number of hydrogen-bond donors (Lipinski definition) is 2. The number of anilines is 1. The number of hydrogen-bond acceptors (Lipinski definition) is 7. The van der Waals surface area contributed by atoms with Crippen molar-refractivity contribution in [2.24, 2.45) is 0 Å². The maximum atomic E-state index is 12.4. The Morgan fingerprint density at radius 2 is 2.21 bits per heavy atom. The molecular formula is C18H14Cl2N6OS2. The summed E-state index contributed by atoms with van der Waals surface area (Å²) in [5, 5.41) is 22.3. The second-order valence-electron chi connectivity index (χ2n) is 6.31. The smallest absolute Gasteiger partial charge is 0.235 e. The van der Waals surface area contributed by atoms with Crippen molar-refractivity contribution in [3.8, 4) is 17.5 Å². The van der Waals surface area contributed by atoms with Crippen LogP contribution in [0.4, 0.5) is 5.00 Å². The van der Waals surface area contributed by atoms with E-state index in [0.29, 0.717) is 37.2 Å². The zero-order chi connectivity index (χ0) is 20.5. The number of aromatic nitrogens is 3. The minimum absolute atomic E-state index is 0.0754. The van der Waals surface area contributed by atoms with Crippen LogP contribution in [0.25, 0.3) is 11.4 Å². The molecule has 1 aromatic carbocycles. The number of thiophene rings is 1. The lowest BCUT2D eigenvalue weighted by Crippen LogP contribution is -2.16. The lowest BCUT2D eigenvalue weighted by molar-refractivity contribution is -0.113. The Bertz CT molecular complexity index is 1150. The predicted octanol–water partition coefficient (Wildman–Crippen LogP) is 4.12. The third-order valence-electron chi connectivity index (χ3n) is 4.45. The fourth-order valence-corrected chi connectivity index (χ4v) is 5.42. The number of fused-ring (bicyclic) bond motifs is 1. The second kappa shape index (κ2) is 8.24. The Labute approximate surface area is 184 Å². The molecule has 2 heterocycles. The van der Waals surface area contributed by atoms with Gasteiger partial charge in [0.25, 0.3) is 0 Å². The summed E-state index contributed by atoms with van der Waals surface area (Å²) >= 11 is 14.8. The van der Waals surface area contributed by atoms with Crippen LogP contribution >= 0.6 is 46.3 Å². The van der Waals surface area contributed by atoms with Crippen LogP contribution in [0, 0.1) is 11.3 Å². The quantitative estimate of drug-likeness (QED) is 0.433. The highest BCUT2D eigenvalue weighted by Crippen LogP contribution is 2.38. The molecule has 0 bridgehead atoms. The highest BCUT2D eigenvalue weighted by molar-refractivity contribution is 7.99. The molecule has 4 rings (SSSR count). The fourth-order valence-electron chi connectivity index (χ4n) is 3.13. The van der Waals surface area contributed by atoms with Crippen LogP contribution in [0.3, 0.4) is 0 Å². The van der Waals surface area contributed by atoms with E-state index in [1.54, 1.807) is 18.2 Å². The summed E-state index contributed by atoms with van der Waals surface area (Å²) in [6.45, 7) is 0. The maximum absolute atomic E-state index is 12.4. The normalized spacial score (nSPS) is 12.6. The van der Waals surface area contributed by atoms with Crippen molar-refractivity contribution in [1.82, 2.24) is 14.9 Å². The van der Waals surface area contributed by atoms with Gasteiger partial charge in [0.05, 0.1) is 16.3 Å². The summed E-state index contributed by atoms with van der Waals surface area (Å²) in [6.07, 6.45) is 2.92. The number of aryl methyl sites for hydroxylation is 1. The van der Waals surface area contributed by atoms with E-state index in [9.17, 15) is 10.1 Å². The zero-order valence-corrected chi connectivity index (χ0v) is 18.1. The van der Waals surface area contributed by atoms with Gasteiger partial charge in [-0.05, 0) is 43.0 Å². The van der Waals surface area contributed by atoms with Gasteiger partial charge in [0.2, 0.25) is 11.1 Å². The van der Waals surface area contributed by atoms with Gasteiger partial charge < -0.3 is 11.2 Å². The average molecular weight is 465 g/mol. The van der Waals surface area contributed by atoms with E-state index in [-0.39, 0.29) is 11.7 Å². The summed E-state index contributed by atoms with van der Waals surface area (Å²) in [6, 6.07) is 7.18. The summed E-state index contributed by atoms with van der Waals surface area (Å²) in [5.41, 5.74) is 2.21. The molecular weight excluding hydrogens is 451 g/mol. The first-order valence-electron chi connectivity index (χ1n) is 8.61. The number of nitrogens with one attached hydrogen (secondary N) is 1. The van der Waals surface area contributed by atoms with Crippen LogP contribution in [0.1, 0.15) is 22.4 Å². The summed E-state index contributed by atoms with van der Waals surface area (Å²) in [7, 11) is 0. The molecule has 29 heavy (non-hydrogen) atoms. The molecule has 1 aliphatic rings. The molecule has 3 aromatic rings. The molecule has 11 heteroatoms. The number of nitrogens with two attached hydrogens (primary N) is 1. The molecule has 0 radical (unpaired) electrons. The number of carbonyl (C=O) groups is 1. The van der Waals surface area contributed by atoms with Crippen molar-refractivity contribution in [1.29, 1.82) is 5.26 Å². The first-order valence-corrected chi connectivity index (χ1v) is 11.2. The average Bonchev–Trinajstić information content (AvgIpc) is 3.37. The number of thioether (sulfide) groups is 1. The van der Waals surface area contributed by atoms with Crippen molar-refractivity contribution >= 4 is 57.2 Å². The van der Waals surface area contributed by atoms with Gasteiger partial charge in [0.15, 0.2) is 5.82 Å². The molecule has 2 aromatic heterocycles. The van der Waals surface area contributed by atoms with Gasteiger partial charge in [-0.1, -0.05) is 35.0 Å². The number of amides is 1. The molecule has 148 valence electrons. The van der Waals surface area contributed by atoms with Crippen LogP contribution in [-0.2, 0) is 17.6 Å². The molecule has 0 unspecified atom stereocenters. The van der Waals surface area contributed by atoms with Gasteiger partial charge in [-0.2, -0.15) is 5.26 Å². The largest absolute Gasteiger partial charge is 0.335 e. The number of nitrogen functional groups attached to an aromatic ring is 1. The van der Waals surface area contributed by atoms with Gasteiger partial charge in [-0.25, -0.2) is 4.68 Å². The maximum Gasteiger partial charge on any atom is 0.235 e. The Balaban J connectivity index is 1.45. The zero-order valence-electron chi connectivity index (χ0n) is 14.9. The van der Waals surface area contributed by atoms with Crippen LogP contribution < -0.4 is 11.2 Å². The Morgan fingerprint density at radius 3 is 3.00 bits per heavy atom. The second-order valence-corrected chi connectivity index (χ2v) is 9.20. The Kier molecular flexibility index (Phi) is 5.69. The van der Waals surface area contributed by atoms with Crippen LogP contribution in [-0.4, -0.2) is 26.5 Å². The highest BCUT2D eigenvalue weighted by Gasteiger charge is 2.23. The molecule has 0 spiro atoms. The minimum Gasteiger partial charge on any atom is -0.335 e. The van der Waals surface area contributed by atoms with Crippen molar-refractivity contribution < 1.29 is 4.79 Å². The molecule has 1 amide bonds. The molecule has 7 nitrogen and oxygen atoms in total. The summed E-state index contributed by atoms with van der Waals surface area (Å²) in [4.78, 5) is 13.6. The van der Waals surface area contributed by atoms with Gasteiger partial charge in [0, 0.05) is 15.5 Å². The first kappa shape index (κ1) is 20.0. The van der Waals surface area contributed by atoms with E-state index in [1.165, 1.54) is 20.9 Å². The van der Waals surface area contributed by atoms with Crippen molar-refractivity contribution in [3.05, 3.63) is 44.2 Å². The predicted molar refractivity (Wildman–Crippen MR) is 116 cm³/mol. The topological polar surface area (TPSA) is 110 Å². The van der Waals surface area contributed by atoms with Crippen LogP contribution in [0.2, 0.25) is 10.0 Å². The van der Waals surface area contributed by atoms with Crippen molar-refractivity contribution in [2.45, 2.75) is 24.4 Å². The minimum atomic E-state index is -0.239. The highest BCUT2D eigenvalue weighted by atomic mass is 35.5. The molecule has 3 N–H and O–H groups in total. The van der Waals surface area contributed by atoms with Crippen LogP contribution in [0.15, 0.2) is 23.4 Å². The van der Waals surface area contributed by atoms with Gasteiger partial charge >= 0.3 is 0 Å². The van der Waals surface area contributed by atoms with E-state index in [1.807, 2.05) is 0 Å². The lowest BCUT2D eigenvalue weighted by Gasteiger charge is -2.06. The third kappa shape index (κ3) is 3.94. The van der Waals surface area contributed by atoms with Gasteiger partial charge in [-0.3, -0.25) is 4.79 Å². The van der Waals surface area contributed by atoms with Crippen molar-refractivity contribution in [2.75, 3.05) is 16.9 Å². The SMILES string of the molecule is N#Cc1c(NC(=O)CSc2nnc(-c3cc(Cl)ccc3Cl)n2N)sc2c1CCC2. The molecule has 0 atom stereocenters. The molecule has 0 fully saturated rings. The van der Waals surface area contributed by atoms with E-state index < -0.39 is 0 Å². The molecule has 1 aliphatic carbocycles. The molecule has 0 aliphatic heterocycles. The number of nitriles is 1. The number of nitrogens with zero attached hydrogens (tertiary/aromatic N) is 4. The Hall–Kier alpha value is -2.25. The number of benzene rings is 1. The monoisotopic (exact) mass is 464 g/mol. The fraction of sp³-hybridized carbons (Fsp3) is 0.222. The molecule has 0 saturated heterocycles. The summed E-state index contributed by atoms with van der Waals surface area (Å²) < 4.78 is 1.27. The Morgan fingerprint density at radius 1 is 1.38 bits per heavy atom. The molecule has 0 saturated carbocycles. The van der Waals surface area contributed by atoms with Crippen molar-refractivity contribution in [3.63, 3.8) is 0 Å². The van der Waals surface area contributed by atoms with E-state index in [2.05, 4.69) is 21.6 Å². The van der Waals surface area contributed by atoms with E-state index in [0.717, 1.165) is 36.6 Å². The number of halogens is 2. The van der Waals surface area contributed by atoms with E-state index >= 15 is 0 Å². The number of rotatable bonds is 5. The number of carbonyl (C=O) groups excluding carboxylic acids is 1. The van der Waals surface area contributed by atoms with Crippen LogP contribution in [0.5, 0.6) is 0 Å².